The van der Waals surface area contributed by atoms with E-state index < -0.39 is 5.97 Å². The highest BCUT2D eigenvalue weighted by Crippen LogP contribution is 2.27. The minimum atomic E-state index is -0.504. The van der Waals surface area contributed by atoms with E-state index in [1.807, 2.05) is 18.2 Å². The van der Waals surface area contributed by atoms with Gasteiger partial charge in [-0.25, -0.2) is 4.79 Å². The van der Waals surface area contributed by atoms with Crippen LogP contribution in [0.2, 0.25) is 0 Å². The number of fused-ring (bicyclic) bond motifs is 1. The van der Waals surface area contributed by atoms with Gasteiger partial charge in [-0.05, 0) is 72.2 Å². The van der Waals surface area contributed by atoms with Gasteiger partial charge in [-0.1, -0.05) is 18.2 Å². The van der Waals surface area contributed by atoms with E-state index in [0.717, 1.165) is 11.1 Å². The Morgan fingerprint density at radius 1 is 0.921 bits per heavy atom. The Bertz CT molecular complexity index is 1610. The van der Waals surface area contributed by atoms with Crippen LogP contribution in [0.15, 0.2) is 65.5 Å². The van der Waals surface area contributed by atoms with Gasteiger partial charge in [-0.15, -0.1) is 0 Å². The van der Waals surface area contributed by atoms with Gasteiger partial charge in [0.15, 0.2) is 16.3 Å². The van der Waals surface area contributed by atoms with Crippen LogP contribution in [0.3, 0.4) is 0 Å². The van der Waals surface area contributed by atoms with Crippen molar-refractivity contribution in [1.82, 2.24) is 14.9 Å². The van der Waals surface area contributed by atoms with Crippen LogP contribution in [0.1, 0.15) is 21.5 Å². The van der Waals surface area contributed by atoms with Gasteiger partial charge in [0.2, 0.25) is 5.91 Å². The van der Waals surface area contributed by atoms with Gasteiger partial charge in [0.25, 0.3) is 5.56 Å². The fourth-order valence-corrected chi connectivity index (χ4v) is 4.39. The number of ether oxygens (including phenoxy) is 3. The average Bonchev–Trinajstić information content (AvgIpc) is 2.93. The molecule has 0 aliphatic rings. The van der Waals surface area contributed by atoms with E-state index in [2.05, 4.69) is 10.3 Å². The Morgan fingerprint density at radius 2 is 1.63 bits per heavy atom. The van der Waals surface area contributed by atoms with E-state index in [-0.39, 0.29) is 22.7 Å². The maximum absolute atomic E-state index is 13.2. The Hall–Kier alpha value is -4.44. The number of nitrogens with one attached hydrogen (secondary N) is 2. The van der Waals surface area contributed by atoms with Gasteiger partial charge in [-0.2, -0.15) is 0 Å². The normalized spacial score (nSPS) is 10.7. The molecule has 0 atom stereocenters. The third-order valence-electron chi connectivity index (χ3n) is 6.06. The number of aromatic amines is 1. The van der Waals surface area contributed by atoms with Gasteiger partial charge in [0.05, 0.1) is 49.9 Å². The number of hydrogen-bond donors (Lipinski definition) is 2. The predicted molar refractivity (Wildman–Crippen MR) is 146 cm³/mol. The maximum atomic E-state index is 13.2. The molecule has 4 aromatic rings. The van der Waals surface area contributed by atoms with Gasteiger partial charge in [0.1, 0.15) is 0 Å². The van der Waals surface area contributed by atoms with E-state index in [1.165, 1.54) is 23.8 Å². The van der Waals surface area contributed by atoms with Gasteiger partial charge >= 0.3 is 5.97 Å². The quantitative estimate of drug-likeness (QED) is 0.249. The Kier molecular flexibility index (Phi) is 8.22. The van der Waals surface area contributed by atoms with Crippen molar-refractivity contribution < 1.29 is 23.8 Å². The maximum Gasteiger partial charge on any atom is 0.337 e. The monoisotopic (exact) mass is 533 g/mol. The lowest BCUT2D eigenvalue weighted by Gasteiger charge is -2.11. The fourth-order valence-electron chi connectivity index (χ4n) is 4.09. The largest absolute Gasteiger partial charge is 0.493 e. The van der Waals surface area contributed by atoms with Crippen molar-refractivity contribution in [1.29, 1.82) is 0 Å². The second kappa shape index (κ2) is 11.7. The molecule has 4 rings (SSSR count). The summed E-state index contributed by atoms with van der Waals surface area (Å²) < 4.78 is 16.9. The summed E-state index contributed by atoms with van der Waals surface area (Å²) in [6.07, 6.45) is 0.844. The molecule has 3 aromatic carbocycles. The number of hydrogen-bond acceptors (Lipinski definition) is 7. The van der Waals surface area contributed by atoms with Crippen LogP contribution >= 0.6 is 12.2 Å². The SMILES string of the molecule is COC(=O)c1ccc2c(=O)n(-c3ccc(CC(=O)NCCc4ccc(OC)c(OC)c4)cc3)c(=S)[nH]c2c1. The van der Waals surface area contributed by atoms with Crippen LogP contribution in [0.25, 0.3) is 16.6 Å². The smallest absolute Gasteiger partial charge is 0.337 e. The molecule has 1 amide bonds. The molecule has 0 radical (unpaired) electrons. The molecule has 0 fully saturated rings. The highest BCUT2D eigenvalue weighted by atomic mass is 32.1. The molecule has 9 nitrogen and oxygen atoms in total. The summed E-state index contributed by atoms with van der Waals surface area (Å²) in [6.45, 7) is 0.478. The molecule has 0 aliphatic heterocycles. The second-order valence-corrected chi connectivity index (χ2v) is 8.84. The molecule has 0 bridgehead atoms. The summed E-state index contributed by atoms with van der Waals surface area (Å²) in [4.78, 5) is 40.4. The molecule has 196 valence electrons. The number of methoxy groups -OCH3 is 3. The molecule has 0 saturated heterocycles. The van der Waals surface area contributed by atoms with Gasteiger partial charge in [-0.3, -0.25) is 14.2 Å². The third kappa shape index (κ3) is 5.76. The molecule has 2 N–H and O–H groups in total. The number of nitrogens with zero attached hydrogens (tertiary/aromatic N) is 1. The van der Waals surface area contributed by atoms with Gasteiger partial charge in [0, 0.05) is 6.54 Å². The zero-order valence-electron chi connectivity index (χ0n) is 21.2. The molecule has 1 heterocycles. The van der Waals surface area contributed by atoms with E-state index in [0.29, 0.717) is 46.6 Å². The minimum absolute atomic E-state index is 0.111. The molecule has 0 aliphatic carbocycles. The highest BCUT2D eigenvalue weighted by Gasteiger charge is 2.12. The van der Waals surface area contributed by atoms with E-state index in [9.17, 15) is 14.4 Å². The first kappa shape index (κ1) is 26.6. The fraction of sp³-hybridized carbons (Fsp3) is 0.214. The van der Waals surface area contributed by atoms with Crippen LogP contribution in [-0.2, 0) is 22.4 Å². The van der Waals surface area contributed by atoms with Crippen LogP contribution in [0.5, 0.6) is 11.5 Å². The zero-order valence-corrected chi connectivity index (χ0v) is 22.0. The molecule has 0 saturated carbocycles. The van der Waals surface area contributed by atoms with Crippen molar-refractivity contribution in [3.8, 4) is 17.2 Å². The Morgan fingerprint density at radius 3 is 2.32 bits per heavy atom. The lowest BCUT2D eigenvalue weighted by atomic mass is 10.1. The van der Waals surface area contributed by atoms with E-state index in [1.54, 1.807) is 44.6 Å². The molecule has 0 spiro atoms. The average molecular weight is 534 g/mol. The standard InChI is InChI=1S/C28H27N3O6S/c1-35-23-11-6-18(14-24(23)36-2)12-13-29-25(32)15-17-4-8-20(9-5-17)31-26(33)21-10-7-19(27(34)37-3)16-22(21)30-28(31)38/h4-11,14,16H,12-13,15H2,1-3H3,(H,29,32)(H,30,38). The summed E-state index contributed by atoms with van der Waals surface area (Å²) in [5, 5.41) is 3.31. The molecule has 38 heavy (non-hydrogen) atoms. The summed E-state index contributed by atoms with van der Waals surface area (Å²) in [7, 11) is 4.46. The highest BCUT2D eigenvalue weighted by molar-refractivity contribution is 7.71. The lowest BCUT2D eigenvalue weighted by Crippen LogP contribution is -2.27. The number of carbonyl (C=O) groups excluding carboxylic acids is 2. The number of esters is 1. The number of amides is 1. The first-order valence-electron chi connectivity index (χ1n) is 11.8. The number of H-pyrrole nitrogens is 1. The summed E-state index contributed by atoms with van der Waals surface area (Å²) in [5.41, 5.74) is 2.82. The van der Waals surface area contributed by atoms with E-state index >= 15 is 0 Å². The summed E-state index contributed by atoms with van der Waals surface area (Å²) in [6, 6.07) is 17.3. The van der Waals surface area contributed by atoms with Crippen molar-refractivity contribution in [2.45, 2.75) is 12.8 Å². The summed E-state index contributed by atoms with van der Waals surface area (Å²) in [5.74, 6) is 0.687. The van der Waals surface area contributed by atoms with Crippen LogP contribution in [0.4, 0.5) is 0 Å². The molecule has 0 unspecified atom stereocenters. The molecular formula is C28H27N3O6S. The molecular weight excluding hydrogens is 506 g/mol. The third-order valence-corrected chi connectivity index (χ3v) is 6.35. The van der Waals surface area contributed by atoms with Crippen molar-refractivity contribution >= 4 is 35.0 Å². The van der Waals surface area contributed by atoms with Crippen LogP contribution < -0.4 is 20.3 Å². The summed E-state index contributed by atoms with van der Waals surface area (Å²) >= 11 is 5.42. The molecule has 1 aromatic heterocycles. The van der Waals surface area contributed by atoms with Crippen molar-refractivity contribution in [2.24, 2.45) is 0 Å². The van der Waals surface area contributed by atoms with Crippen molar-refractivity contribution in [2.75, 3.05) is 27.9 Å². The number of aromatic nitrogens is 2. The predicted octanol–water partition coefficient (Wildman–Crippen LogP) is 3.75. The first-order valence-corrected chi connectivity index (χ1v) is 12.2. The second-order valence-electron chi connectivity index (χ2n) is 8.46. The lowest BCUT2D eigenvalue weighted by molar-refractivity contribution is -0.120. The zero-order chi connectivity index (χ0) is 27.2. The molecule has 10 heteroatoms. The van der Waals surface area contributed by atoms with Crippen molar-refractivity contribution in [3.63, 3.8) is 0 Å². The van der Waals surface area contributed by atoms with Crippen molar-refractivity contribution in [3.05, 3.63) is 92.5 Å². The first-order chi connectivity index (χ1) is 18.3. The number of benzene rings is 3. The van der Waals surface area contributed by atoms with E-state index in [4.69, 9.17) is 26.4 Å². The minimum Gasteiger partial charge on any atom is -0.493 e. The number of rotatable bonds is 9. The van der Waals surface area contributed by atoms with Crippen LogP contribution in [-0.4, -0.2) is 49.3 Å². The topological polar surface area (TPSA) is 112 Å². The number of carbonyl (C=O) groups is 2. The van der Waals surface area contributed by atoms with Crippen LogP contribution in [0, 0.1) is 4.77 Å². The Labute approximate surface area is 224 Å². The van der Waals surface area contributed by atoms with Gasteiger partial charge < -0.3 is 24.5 Å². The Balaban J connectivity index is 1.42.